The fourth-order valence-electron chi connectivity index (χ4n) is 2.56. The third-order valence-corrected chi connectivity index (χ3v) is 3.76. The summed E-state index contributed by atoms with van der Waals surface area (Å²) in [6.45, 7) is 2.92. The van der Waals surface area contributed by atoms with Crippen molar-refractivity contribution in [2.45, 2.75) is 32.7 Å². The predicted octanol–water partition coefficient (Wildman–Crippen LogP) is 3.69. The summed E-state index contributed by atoms with van der Waals surface area (Å²) in [5.41, 5.74) is 3.71. The molecule has 3 rings (SSSR count). The molecule has 0 spiro atoms. The lowest BCUT2D eigenvalue weighted by molar-refractivity contribution is 0.686. The third-order valence-electron chi connectivity index (χ3n) is 3.76. The number of aromatic nitrogens is 3. The number of nitriles is 1. The van der Waals surface area contributed by atoms with Gasteiger partial charge in [0.1, 0.15) is 11.3 Å². The zero-order valence-corrected chi connectivity index (χ0v) is 12.7. The van der Waals surface area contributed by atoms with E-state index < -0.39 is 0 Å². The van der Waals surface area contributed by atoms with Gasteiger partial charge in [-0.1, -0.05) is 25.5 Å². The summed E-state index contributed by atoms with van der Waals surface area (Å²) in [6, 6.07) is 13.8. The highest BCUT2D eigenvalue weighted by atomic mass is 15.1. The lowest BCUT2D eigenvalue weighted by Gasteiger charge is -2.08. The van der Waals surface area contributed by atoms with Gasteiger partial charge in [-0.25, -0.2) is 9.97 Å². The summed E-state index contributed by atoms with van der Waals surface area (Å²) >= 11 is 0. The molecular weight excluding hydrogens is 272 g/mol. The van der Waals surface area contributed by atoms with Crippen molar-refractivity contribution in [2.24, 2.45) is 0 Å². The Morgan fingerprint density at radius 3 is 2.73 bits per heavy atom. The van der Waals surface area contributed by atoms with Crippen LogP contribution in [-0.2, 0) is 13.0 Å². The second kappa shape index (κ2) is 6.40. The molecule has 3 aromatic rings. The van der Waals surface area contributed by atoms with Crippen molar-refractivity contribution < 1.29 is 0 Å². The van der Waals surface area contributed by atoms with E-state index in [0.717, 1.165) is 48.4 Å². The molecule has 0 radical (unpaired) electrons. The van der Waals surface area contributed by atoms with Gasteiger partial charge in [0.15, 0.2) is 5.65 Å². The molecule has 4 heteroatoms. The number of aryl methyl sites for hydroxylation is 1. The highest BCUT2D eigenvalue weighted by Crippen LogP contribution is 2.17. The molecule has 110 valence electrons. The Morgan fingerprint density at radius 1 is 1.18 bits per heavy atom. The molecule has 0 amide bonds. The largest absolute Gasteiger partial charge is 0.308 e. The van der Waals surface area contributed by atoms with Gasteiger partial charge in [0, 0.05) is 12.6 Å². The first-order valence-corrected chi connectivity index (χ1v) is 7.61. The van der Waals surface area contributed by atoms with E-state index in [1.807, 2.05) is 42.6 Å². The number of fused-ring (bicyclic) bond motifs is 1. The van der Waals surface area contributed by atoms with Crippen LogP contribution in [0.25, 0.3) is 11.2 Å². The lowest BCUT2D eigenvalue weighted by atomic mass is 10.1. The standard InChI is InChI=1S/C18H18N4/c1-2-3-6-17-21-16-5-4-11-20-18(16)22(17)13-15-9-7-14(12-19)8-10-15/h4-5,7-11H,2-3,6,13H2,1H3. The number of benzene rings is 1. The van der Waals surface area contributed by atoms with Crippen LogP contribution in [0.5, 0.6) is 0 Å². The summed E-state index contributed by atoms with van der Waals surface area (Å²) in [6.07, 6.45) is 5.04. The molecule has 2 aromatic heterocycles. The molecule has 0 bridgehead atoms. The number of hydrogen-bond acceptors (Lipinski definition) is 3. The van der Waals surface area contributed by atoms with E-state index in [2.05, 4.69) is 22.5 Å². The van der Waals surface area contributed by atoms with Crippen LogP contribution in [0.2, 0.25) is 0 Å². The van der Waals surface area contributed by atoms with Crippen LogP contribution in [-0.4, -0.2) is 14.5 Å². The second-order valence-electron chi connectivity index (χ2n) is 5.37. The zero-order valence-electron chi connectivity index (χ0n) is 12.7. The van der Waals surface area contributed by atoms with Crippen LogP contribution in [0, 0.1) is 11.3 Å². The maximum absolute atomic E-state index is 8.89. The average Bonchev–Trinajstić information content (AvgIpc) is 2.91. The van der Waals surface area contributed by atoms with Crippen LogP contribution in [0.3, 0.4) is 0 Å². The van der Waals surface area contributed by atoms with Crippen molar-refractivity contribution in [1.82, 2.24) is 14.5 Å². The van der Waals surface area contributed by atoms with E-state index in [9.17, 15) is 0 Å². The average molecular weight is 290 g/mol. The van der Waals surface area contributed by atoms with Crippen LogP contribution >= 0.6 is 0 Å². The van der Waals surface area contributed by atoms with Crippen molar-refractivity contribution >= 4 is 11.2 Å². The second-order valence-corrected chi connectivity index (χ2v) is 5.37. The van der Waals surface area contributed by atoms with Crippen LogP contribution < -0.4 is 0 Å². The van der Waals surface area contributed by atoms with Gasteiger partial charge in [-0.3, -0.25) is 0 Å². The number of hydrogen-bond donors (Lipinski definition) is 0. The normalized spacial score (nSPS) is 10.7. The fraction of sp³-hybridized carbons (Fsp3) is 0.278. The van der Waals surface area contributed by atoms with E-state index in [1.165, 1.54) is 0 Å². The van der Waals surface area contributed by atoms with E-state index in [0.29, 0.717) is 5.56 Å². The minimum absolute atomic E-state index is 0.684. The van der Waals surface area contributed by atoms with Crippen molar-refractivity contribution in [3.8, 4) is 6.07 Å². The van der Waals surface area contributed by atoms with Crippen molar-refractivity contribution in [2.75, 3.05) is 0 Å². The van der Waals surface area contributed by atoms with Gasteiger partial charge in [0.25, 0.3) is 0 Å². The number of nitrogens with zero attached hydrogens (tertiary/aromatic N) is 4. The molecular formula is C18H18N4. The molecule has 0 atom stereocenters. The molecule has 0 fully saturated rings. The molecule has 0 aliphatic carbocycles. The van der Waals surface area contributed by atoms with Gasteiger partial charge in [-0.2, -0.15) is 5.26 Å². The van der Waals surface area contributed by atoms with Crippen LogP contribution in [0.15, 0.2) is 42.6 Å². The molecule has 0 N–H and O–H groups in total. The summed E-state index contributed by atoms with van der Waals surface area (Å²) in [5, 5.41) is 8.89. The summed E-state index contributed by atoms with van der Waals surface area (Å²) < 4.78 is 2.19. The smallest absolute Gasteiger partial charge is 0.160 e. The first kappa shape index (κ1) is 14.3. The topological polar surface area (TPSA) is 54.5 Å². The van der Waals surface area contributed by atoms with Crippen LogP contribution in [0.4, 0.5) is 0 Å². The highest BCUT2D eigenvalue weighted by Gasteiger charge is 2.11. The molecule has 0 saturated carbocycles. The Labute approximate surface area is 130 Å². The van der Waals surface area contributed by atoms with Gasteiger partial charge in [-0.05, 0) is 36.2 Å². The molecule has 1 aromatic carbocycles. The third kappa shape index (κ3) is 2.84. The summed E-state index contributed by atoms with van der Waals surface area (Å²) in [5.74, 6) is 1.08. The van der Waals surface area contributed by atoms with Crippen molar-refractivity contribution in [3.05, 3.63) is 59.5 Å². The minimum Gasteiger partial charge on any atom is -0.308 e. The first-order valence-electron chi connectivity index (χ1n) is 7.61. The Morgan fingerprint density at radius 2 is 2.00 bits per heavy atom. The van der Waals surface area contributed by atoms with E-state index in [-0.39, 0.29) is 0 Å². The Hall–Kier alpha value is -2.67. The highest BCUT2D eigenvalue weighted by molar-refractivity contribution is 5.71. The van der Waals surface area contributed by atoms with E-state index in [1.54, 1.807) is 0 Å². The van der Waals surface area contributed by atoms with Crippen LogP contribution in [0.1, 0.15) is 36.7 Å². The molecule has 22 heavy (non-hydrogen) atoms. The van der Waals surface area contributed by atoms with Crippen molar-refractivity contribution in [1.29, 1.82) is 5.26 Å². The molecule has 4 nitrogen and oxygen atoms in total. The quantitative estimate of drug-likeness (QED) is 0.720. The minimum atomic E-state index is 0.684. The molecule has 0 saturated heterocycles. The molecule has 0 aliphatic heterocycles. The van der Waals surface area contributed by atoms with Gasteiger partial charge in [0.2, 0.25) is 0 Å². The predicted molar refractivity (Wildman–Crippen MR) is 86.4 cm³/mol. The fourth-order valence-corrected chi connectivity index (χ4v) is 2.56. The molecule has 0 unspecified atom stereocenters. The lowest BCUT2D eigenvalue weighted by Crippen LogP contribution is -2.06. The Bertz CT molecular complexity index is 809. The SMILES string of the molecule is CCCCc1nc2cccnc2n1Cc1ccc(C#N)cc1. The number of rotatable bonds is 5. The zero-order chi connectivity index (χ0) is 15.4. The summed E-state index contributed by atoms with van der Waals surface area (Å²) in [4.78, 5) is 9.22. The maximum Gasteiger partial charge on any atom is 0.160 e. The van der Waals surface area contributed by atoms with Crippen molar-refractivity contribution in [3.63, 3.8) is 0 Å². The molecule has 0 aliphatic rings. The first-order chi connectivity index (χ1) is 10.8. The maximum atomic E-state index is 8.89. The Balaban J connectivity index is 1.98. The Kier molecular flexibility index (Phi) is 4.15. The monoisotopic (exact) mass is 290 g/mol. The van der Waals surface area contributed by atoms with Gasteiger partial charge in [-0.15, -0.1) is 0 Å². The number of imidazole rings is 1. The summed E-state index contributed by atoms with van der Waals surface area (Å²) in [7, 11) is 0. The van der Waals surface area contributed by atoms with Gasteiger partial charge < -0.3 is 4.57 Å². The van der Waals surface area contributed by atoms with Gasteiger partial charge >= 0.3 is 0 Å². The number of unbranched alkanes of at least 4 members (excludes halogenated alkanes) is 1. The van der Waals surface area contributed by atoms with E-state index >= 15 is 0 Å². The number of pyridine rings is 1. The molecule has 2 heterocycles. The van der Waals surface area contributed by atoms with Gasteiger partial charge in [0.05, 0.1) is 18.2 Å². The van der Waals surface area contributed by atoms with E-state index in [4.69, 9.17) is 10.2 Å².